The molecule has 88 valence electrons. The van der Waals surface area contributed by atoms with Crippen LogP contribution in [0, 0.1) is 5.92 Å². The van der Waals surface area contributed by atoms with Gasteiger partial charge in [0.15, 0.2) is 0 Å². The molecule has 0 bridgehead atoms. The maximum absolute atomic E-state index is 10.7. The van der Waals surface area contributed by atoms with Gasteiger partial charge in [-0.15, -0.1) is 0 Å². The topological polar surface area (TPSA) is 46.5 Å². The summed E-state index contributed by atoms with van der Waals surface area (Å²) in [5.74, 6) is -0.261. The summed E-state index contributed by atoms with van der Waals surface area (Å²) in [7, 11) is 1.62. The molecular formula is C12H15BrO3. The lowest BCUT2D eigenvalue weighted by Crippen LogP contribution is -2.10. The van der Waals surface area contributed by atoms with Crippen molar-refractivity contribution < 1.29 is 14.6 Å². The number of carbonyl (C=O) groups is 1. The van der Waals surface area contributed by atoms with E-state index in [2.05, 4.69) is 15.9 Å². The van der Waals surface area contributed by atoms with Crippen LogP contribution in [0.2, 0.25) is 0 Å². The second-order valence-corrected chi connectivity index (χ2v) is 4.60. The van der Waals surface area contributed by atoms with E-state index in [1.807, 2.05) is 18.2 Å². The molecule has 0 aliphatic heterocycles. The Morgan fingerprint density at radius 1 is 1.56 bits per heavy atom. The van der Waals surface area contributed by atoms with Gasteiger partial charge in [0.1, 0.15) is 5.75 Å². The second kappa shape index (κ2) is 5.89. The summed E-state index contributed by atoms with van der Waals surface area (Å²) in [5, 5.41) is 8.77. The van der Waals surface area contributed by atoms with Gasteiger partial charge in [-0.3, -0.25) is 4.79 Å². The molecule has 0 aliphatic carbocycles. The standard InChI is InChI=1S/C12H15BrO3/c1-8(12(14)15)3-4-9-5-6-11(16-2)10(13)7-9/h5-8H,3-4H2,1-2H3,(H,14,15). The molecule has 0 saturated carbocycles. The highest BCUT2D eigenvalue weighted by molar-refractivity contribution is 9.10. The highest BCUT2D eigenvalue weighted by Gasteiger charge is 2.11. The minimum absolute atomic E-state index is 0.305. The largest absolute Gasteiger partial charge is 0.496 e. The lowest BCUT2D eigenvalue weighted by molar-refractivity contribution is -0.141. The SMILES string of the molecule is COc1ccc(CCC(C)C(=O)O)cc1Br. The molecule has 16 heavy (non-hydrogen) atoms. The number of ether oxygens (including phenoxy) is 1. The van der Waals surface area contributed by atoms with Crippen LogP contribution in [0.15, 0.2) is 22.7 Å². The Morgan fingerprint density at radius 3 is 2.75 bits per heavy atom. The minimum Gasteiger partial charge on any atom is -0.496 e. The average molecular weight is 287 g/mol. The minimum atomic E-state index is -0.743. The third kappa shape index (κ3) is 3.52. The van der Waals surface area contributed by atoms with E-state index in [9.17, 15) is 4.79 Å². The summed E-state index contributed by atoms with van der Waals surface area (Å²) in [6.45, 7) is 1.72. The fourth-order valence-corrected chi connectivity index (χ4v) is 1.96. The van der Waals surface area contributed by atoms with Crippen molar-refractivity contribution in [1.82, 2.24) is 0 Å². The van der Waals surface area contributed by atoms with Gasteiger partial charge in [0.25, 0.3) is 0 Å². The third-order valence-electron chi connectivity index (χ3n) is 2.50. The van der Waals surface area contributed by atoms with Gasteiger partial charge in [0.2, 0.25) is 0 Å². The third-order valence-corrected chi connectivity index (χ3v) is 3.12. The molecule has 1 aromatic rings. The van der Waals surface area contributed by atoms with Crippen LogP contribution in [-0.2, 0) is 11.2 Å². The van der Waals surface area contributed by atoms with E-state index in [-0.39, 0.29) is 5.92 Å². The van der Waals surface area contributed by atoms with Gasteiger partial charge in [-0.05, 0) is 46.5 Å². The van der Waals surface area contributed by atoms with Crippen molar-refractivity contribution in [3.8, 4) is 5.75 Å². The molecule has 3 nitrogen and oxygen atoms in total. The summed E-state index contributed by atoms with van der Waals surface area (Å²) in [5.41, 5.74) is 1.11. The first-order valence-electron chi connectivity index (χ1n) is 5.09. The van der Waals surface area contributed by atoms with Crippen LogP contribution in [0.3, 0.4) is 0 Å². The number of aliphatic carboxylic acids is 1. The van der Waals surface area contributed by atoms with Gasteiger partial charge in [-0.25, -0.2) is 0 Å². The van der Waals surface area contributed by atoms with Crippen molar-refractivity contribution in [1.29, 1.82) is 0 Å². The molecule has 0 radical (unpaired) electrons. The first kappa shape index (κ1) is 13.0. The van der Waals surface area contributed by atoms with E-state index in [1.165, 1.54) is 0 Å². The molecular weight excluding hydrogens is 272 g/mol. The Labute approximate surface area is 104 Å². The first-order chi connectivity index (χ1) is 7.54. The van der Waals surface area contributed by atoms with Gasteiger partial charge < -0.3 is 9.84 Å². The number of methoxy groups -OCH3 is 1. The molecule has 0 aliphatic rings. The number of carboxylic acid groups (broad SMARTS) is 1. The smallest absolute Gasteiger partial charge is 0.306 e. The van der Waals surface area contributed by atoms with Crippen molar-refractivity contribution in [2.75, 3.05) is 7.11 Å². The van der Waals surface area contributed by atoms with Crippen molar-refractivity contribution in [3.05, 3.63) is 28.2 Å². The zero-order chi connectivity index (χ0) is 12.1. The maximum atomic E-state index is 10.7. The number of benzene rings is 1. The predicted octanol–water partition coefficient (Wildman–Crippen LogP) is 3.11. The number of rotatable bonds is 5. The van der Waals surface area contributed by atoms with Crippen LogP contribution >= 0.6 is 15.9 Å². The van der Waals surface area contributed by atoms with Gasteiger partial charge >= 0.3 is 5.97 Å². The summed E-state index contributed by atoms with van der Waals surface area (Å²) in [6, 6.07) is 5.80. The number of carboxylic acids is 1. The van der Waals surface area contributed by atoms with Gasteiger partial charge in [0.05, 0.1) is 17.5 Å². The molecule has 0 saturated heterocycles. The van der Waals surface area contributed by atoms with Crippen LogP contribution in [0.5, 0.6) is 5.75 Å². The van der Waals surface area contributed by atoms with E-state index in [1.54, 1.807) is 14.0 Å². The monoisotopic (exact) mass is 286 g/mol. The fraction of sp³-hybridized carbons (Fsp3) is 0.417. The Balaban J connectivity index is 2.62. The van der Waals surface area contributed by atoms with Crippen molar-refractivity contribution in [2.45, 2.75) is 19.8 Å². The van der Waals surface area contributed by atoms with Crippen LogP contribution < -0.4 is 4.74 Å². The van der Waals surface area contributed by atoms with Crippen LogP contribution in [-0.4, -0.2) is 18.2 Å². The molecule has 1 aromatic carbocycles. The van der Waals surface area contributed by atoms with E-state index in [4.69, 9.17) is 9.84 Å². The molecule has 1 unspecified atom stereocenters. The first-order valence-corrected chi connectivity index (χ1v) is 5.89. The molecule has 1 rings (SSSR count). The van der Waals surface area contributed by atoms with Gasteiger partial charge in [-0.1, -0.05) is 13.0 Å². The highest BCUT2D eigenvalue weighted by Crippen LogP contribution is 2.26. The normalized spacial score (nSPS) is 12.2. The number of hydrogen-bond donors (Lipinski definition) is 1. The highest BCUT2D eigenvalue weighted by atomic mass is 79.9. The zero-order valence-electron chi connectivity index (χ0n) is 9.37. The second-order valence-electron chi connectivity index (χ2n) is 3.75. The molecule has 0 aromatic heterocycles. The van der Waals surface area contributed by atoms with Gasteiger partial charge in [0, 0.05) is 0 Å². The van der Waals surface area contributed by atoms with Crippen LogP contribution in [0.25, 0.3) is 0 Å². The molecule has 0 spiro atoms. The van der Waals surface area contributed by atoms with Crippen molar-refractivity contribution in [3.63, 3.8) is 0 Å². The maximum Gasteiger partial charge on any atom is 0.306 e. The lowest BCUT2D eigenvalue weighted by Gasteiger charge is -2.08. The van der Waals surface area contributed by atoms with Crippen molar-refractivity contribution >= 4 is 21.9 Å². The van der Waals surface area contributed by atoms with Crippen LogP contribution in [0.1, 0.15) is 18.9 Å². The fourth-order valence-electron chi connectivity index (χ4n) is 1.37. The molecule has 1 N–H and O–H groups in total. The zero-order valence-corrected chi connectivity index (χ0v) is 11.0. The predicted molar refractivity (Wildman–Crippen MR) is 65.8 cm³/mol. The molecule has 0 fully saturated rings. The van der Waals surface area contributed by atoms with E-state index in [0.29, 0.717) is 6.42 Å². The van der Waals surface area contributed by atoms with Crippen molar-refractivity contribution in [2.24, 2.45) is 5.92 Å². The summed E-state index contributed by atoms with van der Waals surface area (Å²) >= 11 is 3.40. The number of halogens is 1. The Bertz CT molecular complexity index is 377. The number of aryl methyl sites for hydroxylation is 1. The van der Waals surface area contributed by atoms with Crippen LogP contribution in [0.4, 0.5) is 0 Å². The summed E-state index contributed by atoms with van der Waals surface area (Å²) in [4.78, 5) is 10.7. The molecule has 0 amide bonds. The molecule has 0 heterocycles. The molecule has 1 atom stereocenters. The quantitative estimate of drug-likeness (QED) is 0.905. The summed E-state index contributed by atoms with van der Waals surface area (Å²) < 4.78 is 6.02. The van der Waals surface area contributed by atoms with E-state index in [0.717, 1.165) is 22.2 Å². The Hall–Kier alpha value is -1.03. The number of hydrogen-bond acceptors (Lipinski definition) is 2. The van der Waals surface area contributed by atoms with Gasteiger partial charge in [-0.2, -0.15) is 0 Å². The Morgan fingerprint density at radius 2 is 2.25 bits per heavy atom. The lowest BCUT2D eigenvalue weighted by atomic mass is 10.0. The summed E-state index contributed by atoms with van der Waals surface area (Å²) in [6.07, 6.45) is 1.41. The van der Waals surface area contributed by atoms with E-state index >= 15 is 0 Å². The molecule has 4 heteroatoms. The van der Waals surface area contributed by atoms with E-state index < -0.39 is 5.97 Å². The average Bonchev–Trinajstić information content (AvgIpc) is 2.25. The Kier molecular flexibility index (Phi) is 4.80.